The van der Waals surface area contributed by atoms with E-state index in [0.717, 1.165) is 29.4 Å². The Labute approximate surface area is 136 Å². The molecule has 1 atom stereocenters. The van der Waals surface area contributed by atoms with Gasteiger partial charge in [0, 0.05) is 23.4 Å². The topological polar surface area (TPSA) is 70.5 Å². The molecule has 23 heavy (non-hydrogen) atoms. The smallest absolute Gasteiger partial charge is 0.131 e. The number of hydrogen-bond acceptors (Lipinski definition) is 4. The third-order valence-corrected chi connectivity index (χ3v) is 3.65. The van der Waals surface area contributed by atoms with Gasteiger partial charge in [-0.05, 0) is 55.0 Å². The van der Waals surface area contributed by atoms with Gasteiger partial charge in [-0.15, -0.1) is 0 Å². The molecule has 4 N–H and O–H groups in total. The van der Waals surface area contributed by atoms with E-state index in [0.29, 0.717) is 11.4 Å². The molecule has 2 aromatic rings. The van der Waals surface area contributed by atoms with E-state index < -0.39 is 0 Å². The molecule has 0 bridgehead atoms. The second-order valence-corrected chi connectivity index (χ2v) is 5.66. The van der Waals surface area contributed by atoms with Gasteiger partial charge < -0.3 is 20.9 Å². The van der Waals surface area contributed by atoms with Crippen molar-refractivity contribution in [3.63, 3.8) is 0 Å². The molecule has 2 aromatic carbocycles. The number of nitrogen functional groups attached to an aromatic ring is 1. The summed E-state index contributed by atoms with van der Waals surface area (Å²) in [6, 6.07) is 14.9. The second kappa shape index (κ2) is 6.48. The average molecular weight is 308 g/mol. The van der Waals surface area contributed by atoms with Gasteiger partial charge in [-0.3, -0.25) is 0 Å². The molecule has 0 heterocycles. The summed E-state index contributed by atoms with van der Waals surface area (Å²) in [5.74, 6) is 3.36. The van der Waals surface area contributed by atoms with Gasteiger partial charge in [0.05, 0.1) is 0 Å². The average Bonchev–Trinajstić information content (AvgIpc) is 2.53. The molecule has 0 aromatic heterocycles. The van der Waals surface area contributed by atoms with E-state index in [9.17, 15) is 0 Å². The largest absolute Gasteiger partial charge is 0.461 e. The highest BCUT2D eigenvalue weighted by molar-refractivity contribution is 5.44. The molecule has 4 heteroatoms. The van der Waals surface area contributed by atoms with Crippen molar-refractivity contribution in [3.8, 4) is 17.2 Å². The number of nitrogens with two attached hydrogens (primary N) is 2. The molecule has 0 fully saturated rings. The summed E-state index contributed by atoms with van der Waals surface area (Å²) in [6.45, 7) is 2.10. The van der Waals surface area contributed by atoms with Crippen molar-refractivity contribution < 1.29 is 9.47 Å². The van der Waals surface area contributed by atoms with Crippen LogP contribution >= 0.6 is 0 Å². The van der Waals surface area contributed by atoms with Crippen LogP contribution in [0.1, 0.15) is 13.3 Å². The first-order valence-corrected chi connectivity index (χ1v) is 7.58. The number of anilines is 1. The predicted octanol–water partition coefficient (Wildman–Crippen LogP) is 4.21. The molecular weight excluding hydrogens is 288 g/mol. The molecule has 1 unspecified atom stereocenters. The van der Waals surface area contributed by atoms with Crippen molar-refractivity contribution in [2.45, 2.75) is 13.3 Å². The van der Waals surface area contributed by atoms with Gasteiger partial charge in [-0.2, -0.15) is 0 Å². The van der Waals surface area contributed by atoms with Crippen molar-refractivity contribution in [2.24, 2.45) is 11.7 Å². The van der Waals surface area contributed by atoms with Crippen LogP contribution in [-0.4, -0.2) is 0 Å². The summed E-state index contributed by atoms with van der Waals surface area (Å²) in [7, 11) is 0. The molecule has 0 aliphatic heterocycles. The Kier molecular flexibility index (Phi) is 4.24. The summed E-state index contributed by atoms with van der Waals surface area (Å²) < 4.78 is 11.8. The minimum atomic E-state index is 0.265. The van der Waals surface area contributed by atoms with Gasteiger partial charge >= 0.3 is 0 Å². The first kappa shape index (κ1) is 15.0. The second-order valence-electron chi connectivity index (χ2n) is 5.66. The SMILES string of the molecule is CC1CC(N)=CC=C1Oc1cccc(Oc2ccc(N)cc2)c1. The van der Waals surface area contributed by atoms with Crippen LogP contribution in [0.2, 0.25) is 0 Å². The lowest BCUT2D eigenvalue weighted by Gasteiger charge is -2.20. The Balaban J connectivity index is 1.74. The van der Waals surface area contributed by atoms with Gasteiger partial charge in [-0.1, -0.05) is 13.0 Å². The van der Waals surface area contributed by atoms with Crippen molar-refractivity contribution >= 4 is 5.69 Å². The zero-order valence-corrected chi connectivity index (χ0v) is 13.0. The molecule has 0 saturated heterocycles. The van der Waals surface area contributed by atoms with Crippen LogP contribution in [0, 0.1) is 5.92 Å². The van der Waals surface area contributed by atoms with Crippen LogP contribution in [0.15, 0.2) is 72.1 Å². The quantitative estimate of drug-likeness (QED) is 0.830. The highest BCUT2D eigenvalue weighted by Crippen LogP contribution is 2.29. The molecule has 1 aliphatic rings. The number of allylic oxidation sites excluding steroid dienone is 4. The van der Waals surface area contributed by atoms with Crippen molar-refractivity contribution in [3.05, 3.63) is 72.1 Å². The molecule has 0 radical (unpaired) electrons. The van der Waals surface area contributed by atoms with Crippen LogP contribution in [-0.2, 0) is 0 Å². The Morgan fingerprint density at radius 2 is 1.57 bits per heavy atom. The van der Waals surface area contributed by atoms with E-state index in [2.05, 4.69) is 6.92 Å². The highest BCUT2D eigenvalue weighted by Gasteiger charge is 2.15. The van der Waals surface area contributed by atoms with Crippen LogP contribution in [0.25, 0.3) is 0 Å². The van der Waals surface area contributed by atoms with Gasteiger partial charge in [0.2, 0.25) is 0 Å². The molecule has 3 rings (SSSR count). The van der Waals surface area contributed by atoms with E-state index in [1.54, 1.807) is 12.1 Å². The number of hydrogen-bond donors (Lipinski definition) is 2. The van der Waals surface area contributed by atoms with Crippen molar-refractivity contribution in [1.82, 2.24) is 0 Å². The third kappa shape index (κ3) is 3.86. The van der Waals surface area contributed by atoms with E-state index in [-0.39, 0.29) is 5.92 Å². The maximum absolute atomic E-state index is 5.97. The monoisotopic (exact) mass is 308 g/mol. The van der Waals surface area contributed by atoms with Gasteiger partial charge in [-0.25, -0.2) is 0 Å². The summed E-state index contributed by atoms with van der Waals surface area (Å²) in [4.78, 5) is 0. The van der Waals surface area contributed by atoms with Crippen LogP contribution < -0.4 is 20.9 Å². The van der Waals surface area contributed by atoms with Crippen LogP contribution in [0.4, 0.5) is 5.69 Å². The Morgan fingerprint density at radius 1 is 0.870 bits per heavy atom. The summed E-state index contributed by atoms with van der Waals surface area (Å²) in [6.07, 6.45) is 4.63. The molecule has 0 amide bonds. The van der Waals surface area contributed by atoms with Gasteiger partial charge in [0.15, 0.2) is 0 Å². The lowest BCUT2D eigenvalue weighted by Crippen LogP contribution is -2.14. The summed E-state index contributed by atoms with van der Waals surface area (Å²) >= 11 is 0. The van der Waals surface area contributed by atoms with E-state index >= 15 is 0 Å². The van der Waals surface area contributed by atoms with Gasteiger partial charge in [0.25, 0.3) is 0 Å². The molecule has 4 nitrogen and oxygen atoms in total. The standard InChI is InChI=1S/C19H20N2O2/c1-13-11-15(21)7-10-19(13)23-18-4-2-3-17(12-18)22-16-8-5-14(20)6-9-16/h2-10,12-13H,11,20-21H2,1H3. The normalized spacial score (nSPS) is 17.2. The maximum Gasteiger partial charge on any atom is 0.131 e. The zero-order chi connectivity index (χ0) is 16.2. The van der Waals surface area contributed by atoms with E-state index in [1.807, 2.05) is 48.6 Å². The summed E-state index contributed by atoms with van der Waals surface area (Å²) in [5, 5.41) is 0. The Morgan fingerprint density at radius 3 is 2.26 bits per heavy atom. The van der Waals surface area contributed by atoms with Crippen molar-refractivity contribution in [1.29, 1.82) is 0 Å². The van der Waals surface area contributed by atoms with E-state index in [4.69, 9.17) is 20.9 Å². The molecule has 1 aliphatic carbocycles. The molecule has 0 saturated carbocycles. The number of benzene rings is 2. The maximum atomic E-state index is 5.97. The van der Waals surface area contributed by atoms with Crippen LogP contribution in [0.3, 0.4) is 0 Å². The highest BCUT2D eigenvalue weighted by atomic mass is 16.5. The minimum absolute atomic E-state index is 0.265. The first-order chi connectivity index (χ1) is 11.1. The molecular formula is C19H20N2O2. The molecule has 118 valence electrons. The third-order valence-electron chi connectivity index (χ3n) is 3.65. The fourth-order valence-corrected chi connectivity index (χ4v) is 2.42. The van der Waals surface area contributed by atoms with Gasteiger partial charge in [0.1, 0.15) is 23.0 Å². The summed E-state index contributed by atoms with van der Waals surface area (Å²) in [5.41, 5.74) is 13.1. The zero-order valence-electron chi connectivity index (χ0n) is 13.0. The fourth-order valence-electron chi connectivity index (χ4n) is 2.42. The number of ether oxygens (including phenoxy) is 2. The molecule has 0 spiro atoms. The fraction of sp³-hybridized carbons (Fsp3) is 0.158. The lowest BCUT2D eigenvalue weighted by atomic mass is 9.98. The Bertz CT molecular complexity index is 748. The van der Waals surface area contributed by atoms with Crippen LogP contribution in [0.5, 0.6) is 17.2 Å². The Hall–Kier alpha value is -2.88. The van der Waals surface area contributed by atoms with Crippen molar-refractivity contribution in [2.75, 3.05) is 5.73 Å². The predicted molar refractivity (Wildman–Crippen MR) is 92.1 cm³/mol. The van der Waals surface area contributed by atoms with E-state index in [1.165, 1.54) is 0 Å². The first-order valence-electron chi connectivity index (χ1n) is 7.58. The number of rotatable bonds is 4. The minimum Gasteiger partial charge on any atom is -0.461 e. The lowest BCUT2D eigenvalue weighted by molar-refractivity contribution is 0.350.